The molecule has 0 aliphatic carbocycles. The third-order valence-corrected chi connectivity index (χ3v) is 3.31. The number of rotatable bonds is 1. The standard InChI is InChI=1S/C9H17NO/c1-3-8-4-7-5-11-6-9(7)10(8)2/h7-9H,3-6H2,1-2H3/t7-,8-,9+/m1/s1. The van der Waals surface area contributed by atoms with Crippen molar-refractivity contribution in [1.82, 2.24) is 4.90 Å². The van der Waals surface area contributed by atoms with E-state index >= 15 is 0 Å². The predicted molar refractivity (Wildman–Crippen MR) is 44.6 cm³/mol. The summed E-state index contributed by atoms with van der Waals surface area (Å²) in [6, 6.07) is 1.56. The van der Waals surface area contributed by atoms with E-state index in [1.807, 2.05) is 0 Å². The fourth-order valence-electron chi connectivity index (χ4n) is 2.50. The molecule has 2 nitrogen and oxygen atoms in total. The first-order valence-electron chi connectivity index (χ1n) is 4.62. The van der Waals surface area contributed by atoms with E-state index < -0.39 is 0 Å². The lowest BCUT2D eigenvalue weighted by Crippen LogP contribution is -2.33. The van der Waals surface area contributed by atoms with Gasteiger partial charge in [-0.2, -0.15) is 0 Å². The van der Waals surface area contributed by atoms with Gasteiger partial charge >= 0.3 is 0 Å². The van der Waals surface area contributed by atoms with Crippen LogP contribution in [-0.2, 0) is 4.74 Å². The van der Waals surface area contributed by atoms with Crippen molar-refractivity contribution in [2.75, 3.05) is 20.3 Å². The van der Waals surface area contributed by atoms with Gasteiger partial charge in [-0.05, 0) is 19.9 Å². The lowest BCUT2D eigenvalue weighted by molar-refractivity contribution is 0.136. The zero-order valence-electron chi connectivity index (χ0n) is 7.42. The predicted octanol–water partition coefficient (Wildman–Crippen LogP) is 1.12. The summed E-state index contributed by atoms with van der Waals surface area (Å²) in [6.07, 6.45) is 2.65. The normalized spacial score (nSPS) is 44.7. The first-order chi connectivity index (χ1) is 5.33. The smallest absolute Gasteiger partial charge is 0.0625 e. The zero-order valence-corrected chi connectivity index (χ0v) is 7.42. The number of fused-ring (bicyclic) bond motifs is 1. The molecular formula is C9H17NO. The monoisotopic (exact) mass is 155 g/mol. The van der Waals surface area contributed by atoms with Gasteiger partial charge in [-0.1, -0.05) is 6.92 Å². The average Bonchev–Trinajstić information content (AvgIpc) is 2.53. The van der Waals surface area contributed by atoms with E-state index in [1.165, 1.54) is 12.8 Å². The fourth-order valence-corrected chi connectivity index (χ4v) is 2.50. The van der Waals surface area contributed by atoms with Gasteiger partial charge < -0.3 is 4.74 Å². The summed E-state index contributed by atoms with van der Waals surface area (Å²) >= 11 is 0. The average molecular weight is 155 g/mol. The van der Waals surface area contributed by atoms with Crippen molar-refractivity contribution in [2.45, 2.75) is 31.8 Å². The molecule has 0 amide bonds. The van der Waals surface area contributed by atoms with Gasteiger partial charge in [0.1, 0.15) is 0 Å². The highest BCUT2D eigenvalue weighted by molar-refractivity contribution is 4.94. The van der Waals surface area contributed by atoms with Crippen molar-refractivity contribution in [3.05, 3.63) is 0 Å². The number of hydrogen-bond donors (Lipinski definition) is 0. The van der Waals surface area contributed by atoms with E-state index in [0.29, 0.717) is 0 Å². The van der Waals surface area contributed by atoms with Crippen LogP contribution in [0.15, 0.2) is 0 Å². The molecule has 2 fully saturated rings. The first kappa shape index (κ1) is 7.56. The maximum Gasteiger partial charge on any atom is 0.0625 e. The topological polar surface area (TPSA) is 12.5 Å². The Labute approximate surface area is 68.5 Å². The van der Waals surface area contributed by atoms with Crippen LogP contribution in [0.1, 0.15) is 19.8 Å². The maximum absolute atomic E-state index is 5.43. The number of ether oxygens (including phenoxy) is 1. The molecule has 2 aliphatic rings. The van der Waals surface area contributed by atoms with Gasteiger partial charge in [0.05, 0.1) is 13.2 Å². The lowest BCUT2D eigenvalue weighted by atomic mass is 10.0. The third-order valence-electron chi connectivity index (χ3n) is 3.31. The van der Waals surface area contributed by atoms with Crippen molar-refractivity contribution < 1.29 is 4.74 Å². The Morgan fingerprint density at radius 2 is 2.27 bits per heavy atom. The van der Waals surface area contributed by atoms with Crippen LogP contribution >= 0.6 is 0 Å². The molecule has 64 valence electrons. The van der Waals surface area contributed by atoms with Crippen molar-refractivity contribution in [2.24, 2.45) is 5.92 Å². The Morgan fingerprint density at radius 1 is 1.45 bits per heavy atom. The summed E-state index contributed by atoms with van der Waals surface area (Å²) in [6.45, 7) is 4.26. The Balaban J connectivity index is 2.04. The van der Waals surface area contributed by atoms with Gasteiger partial charge in [0, 0.05) is 18.0 Å². The molecule has 2 heteroatoms. The van der Waals surface area contributed by atoms with Gasteiger partial charge in [0.15, 0.2) is 0 Å². The van der Waals surface area contributed by atoms with E-state index in [2.05, 4.69) is 18.9 Å². The molecule has 3 atom stereocenters. The fraction of sp³-hybridized carbons (Fsp3) is 1.00. The SMILES string of the molecule is CC[C@@H]1C[C@@H]2COC[C@@H]2N1C. The van der Waals surface area contributed by atoms with Crippen LogP contribution in [0.2, 0.25) is 0 Å². The molecule has 0 radical (unpaired) electrons. The van der Waals surface area contributed by atoms with Crippen molar-refractivity contribution in [3.8, 4) is 0 Å². The summed E-state index contributed by atoms with van der Waals surface area (Å²) in [5.74, 6) is 0.838. The minimum absolute atomic E-state index is 0.736. The highest BCUT2D eigenvalue weighted by Crippen LogP contribution is 2.33. The van der Waals surface area contributed by atoms with Crippen LogP contribution in [0.25, 0.3) is 0 Å². The van der Waals surface area contributed by atoms with Gasteiger partial charge in [-0.3, -0.25) is 4.90 Å². The number of hydrogen-bond acceptors (Lipinski definition) is 2. The summed E-state index contributed by atoms with van der Waals surface area (Å²) in [7, 11) is 2.24. The quantitative estimate of drug-likeness (QED) is 0.562. The van der Waals surface area contributed by atoms with Crippen LogP contribution in [0.3, 0.4) is 0 Å². The Kier molecular flexibility index (Phi) is 1.90. The van der Waals surface area contributed by atoms with Crippen LogP contribution in [0, 0.1) is 5.92 Å². The van der Waals surface area contributed by atoms with Gasteiger partial charge in [-0.15, -0.1) is 0 Å². The second-order valence-electron chi connectivity index (χ2n) is 3.83. The van der Waals surface area contributed by atoms with E-state index in [1.54, 1.807) is 0 Å². The molecular weight excluding hydrogens is 138 g/mol. The number of likely N-dealkylation sites (tertiary alicyclic amines) is 1. The molecule has 0 aromatic carbocycles. The van der Waals surface area contributed by atoms with E-state index in [-0.39, 0.29) is 0 Å². The van der Waals surface area contributed by atoms with Crippen LogP contribution in [0.5, 0.6) is 0 Å². The minimum Gasteiger partial charge on any atom is -0.379 e. The molecule has 2 rings (SSSR count). The Bertz CT molecular complexity index is 148. The molecule has 2 saturated heterocycles. The van der Waals surface area contributed by atoms with Gasteiger partial charge in [0.25, 0.3) is 0 Å². The zero-order chi connectivity index (χ0) is 7.84. The number of likely N-dealkylation sites (N-methyl/N-ethyl adjacent to an activating group) is 1. The largest absolute Gasteiger partial charge is 0.379 e. The molecule has 0 bridgehead atoms. The molecule has 0 aromatic rings. The molecule has 0 N–H and O–H groups in total. The van der Waals surface area contributed by atoms with Crippen molar-refractivity contribution in [1.29, 1.82) is 0 Å². The van der Waals surface area contributed by atoms with Crippen LogP contribution in [0.4, 0.5) is 0 Å². The lowest BCUT2D eigenvalue weighted by Gasteiger charge is -2.22. The second-order valence-corrected chi connectivity index (χ2v) is 3.83. The third kappa shape index (κ3) is 1.09. The van der Waals surface area contributed by atoms with Crippen LogP contribution in [-0.4, -0.2) is 37.2 Å². The van der Waals surface area contributed by atoms with Crippen molar-refractivity contribution >= 4 is 0 Å². The minimum atomic E-state index is 0.736. The molecule has 2 heterocycles. The Morgan fingerprint density at radius 3 is 2.91 bits per heavy atom. The second kappa shape index (κ2) is 2.76. The highest BCUT2D eigenvalue weighted by atomic mass is 16.5. The molecule has 0 spiro atoms. The molecule has 0 saturated carbocycles. The molecule has 11 heavy (non-hydrogen) atoms. The maximum atomic E-state index is 5.43. The summed E-state index contributed by atoms with van der Waals surface area (Å²) in [4.78, 5) is 2.51. The molecule has 0 aromatic heterocycles. The summed E-state index contributed by atoms with van der Waals surface area (Å²) < 4.78 is 5.43. The summed E-state index contributed by atoms with van der Waals surface area (Å²) in [5, 5.41) is 0. The van der Waals surface area contributed by atoms with Crippen molar-refractivity contribution in [3.63, 3.8) is 0 Å². The highest BCUT2D eigenvalue weighted by Gasteiger charge is 2.41. The Hall–Kier alpha value is -0.0800. The molecule has 0 unspecified atom stereocenters. The first-order valence-corrected chi connectivity index (χ1v) is 4.62. The van der Waals surface area contributed by atoms with E-state index in [9.17, 15) is 0 Å². The van der Waals surface area contributed by atoms with E-state index in [4.69, 9.17) is 4.74 Å². The van der Waals surface area contributed by atoms with Crippen LogP contribution < -0.4 is 0 Å². The van der Waals surface area contributed by atoms with E-state index in [0.717, 1.165) is 31.2 Å². The number of nitrogens with zero attached hydrogens (tertiary/aromatic N) is 1. The summed E-state index contributed by atoms with van der Waals surface area (Å²) in [5.41, 5.74) is 0. The van der Waals surface area contributed by atoms with Gasteiger partial charge in [-0.25, -0.2) is 0 Å². The molecule has 2 aliphatic heterocycles. The van der Waals surface area contributed by atoms with Gasteiger partial charge in [0.2, 0.25) is 0 Å².